The molecule has 2 aliphatic rings. The maximum absolute atomic E-state index is 6.78. The highest BCUT2D eigenvalue weighted by Crippen LogP contribution is 2.51. The molecular formula is C45H29N3O2. The smallest absolute Gasteiger partial charge is 0.164 e. The Hall–Kier alpha value is -6.59. The fourth-order valence-electron chi connectivity index (χ4n) is 7.43. The highest BCUT2D eigenvalue weighted by Gasteiger charge is 2.42. The third kappa shape index (κ3) is 4.66. The quantitative estimate of drug-likeness (QED) is 0.187. The van der Waals surface area contributed by atoms with E-state index in [9.17, 15) is 0 Å². The highest BCUT2D eigenvalue weighted by molar-refractivity contribution is 6.11. The van der Waals surface area contributed by atoms with Crippen molar-refractivity contribution >= 4 is 33.1 Å². The first-order chi connectivity index (χ1) is 24.8. The molecule has 2 atom stereocenters. The van der Waals surface area contributed by atoms with Crippen molar-refractivity contribution in [2.75, 3.05) is 0 Å². The SMILES string of the molecule is C1=C(c2ccc(-c3ccccc3)cc2)C2Oc3ccccc3C2C(c2nc(-c3ccccc3)nc(-c3cccc4oc5ccccc5c34)n2)=C1. The van der Waals surface area contributed by atoms with E-state index in [4.69, 9.17) is 24.1 Å². The fourth-order valence-corrected chi connectivity index (χ4v) is 7.43. The molecule has 0 saturated heterocycles. The number of para-hydroxylation sites is 2. The molecule has 10 rings (SSSR count). The van der Waals surface area contributed by atoms with Gasteiger partial charge in [-0.15, -0.1) is 0 Å². The first-order valence-electron chi connectivity index (χ1n) is 16.8. The fraction of sp³-hybridized carbons (Fsp3) is 0.0444. The molecule has 2 aromatic heterocycles. The van der Waals surface area contributed by atoms with Crippen LogP contribution in [0, 0.1) is 0 Å². The summed E-state index contributed by atoms with van der Waals surface area (Å²) in [4.78, 5) is 15.5. The molecule has 0 N–H and O–H groups in total. The van der Waals surface area contributed by atoms with Gasteiger partial charge in [0.15, 0.2) is 17.5 Å². The number of aromatic nitrogens is 3. The Morgan fingerprint density at radius 2 is 1.06 bits per heavy atom. The van der Waals surface area contributed by atoms with E-state index in [1.807, 2.05) is 72.8 Å². The van der Waals surface area contributed by atoms with Crippen LogP contribution in [0.4, 0.5) is 0 Å². The molecule has 1 aliphatic carbocycles. The second kappa shape index (κ2) is 11.5. The monoisotopic (exact) mass is 643 g/mol. The van der Waals surface area contributed by atoms with Crippen molar-refractivity contribution in [1.29, 1.82) is 0 Å². The molecule has 0 amide bonds. The topological polar surface area (TPSA) is 61.0 Å². The Bertz CT molecular complexity index is 2620. The minimum Gasteiger partial charge on any atom is -0.484 e. The molecule has 3 heterocycles. The molecule has 6 aromatic carbocycles. The Morgan fingerprint density at radius 1 is 0.440 bits per heavy atom. The Balaban J connectivity index is 1.16. The number of benzene rings is 6. The van der Waals surface area contributed by atoms with Crippen molar-refractivity contribution in [2.45, 2.75) is 12.0 Å². The minimum atomic E-state index is -0.239. The molecule has 0 spiro atoms. The Morgan fingerprint density at radius 3 is 1.90 bits per heavy atom. The van der Waals surface area contributed by atoms with Crippen LogP contribution in [0.2, 0.25) is 0 Å². The van der Waals surface area contributed by atoms with Crippen molar-refractivity contribution in [2.24, 2.45) is 0 Å². The van der Waals surface area contributed by atoms with Crippen LogP contribution < -0.4 is 4.74 Å². The van der Waals surface area contributed by atoms with Gasteiger partial charge in [0.05, 0.1) is 5.92 Å². The van der Waals surface area contributed by atoms with E-state index < -0.39 is 0 Å². The molecule has 5 heteroatoms. The standard InChI is InChI=1S/C45H29N3O2/c1-3-12-28(13-4-1)29-22-24-30(25-23-29)32-26-27-36(41-34-17-8-10-20-38(34)50-42(32)41)45-47-43(31-14-5-2-6-15-31)46-44(48-45)35-18-11-21-39-40(35)33-16-7-9-19-37(33)49-39/h1-27,41-42H. The van der Waals surface area contributed by atoms with Crippen LogP contribution in [0.3, 0.4) is 0 Å². The average Bonchev–Trinajstić information content (AvgIpc) is 3.77. The maximum atomic E-state index is 6.78. The molecule has 0 radical (unpaired) electrons. The highest BCUT2D eigenvalue weighted by atomic mass is 16.5. The summed E-state index contributed by atoms with van der Waals surface area (Å²) in [5.41, 5.74) is 10.2. The molecule has 1 aliphatic heterocycles. The summed E-state index contributed by atoms with van der Waals surface area (Å²) in [6.07, 6.45) is 4.11. The first kappa shape index (κ1) is 28.4. The zero-order valence-electron chi connectivity index (χ0n) is 26.9. The number of furan rings is 1. The number of hydrogen-bond acceptors (Lipinski definition) is 5. The van der Waals surface area contributed by atoms with Gasteiger partial charge in [0.25, 0.3) is 0 Å². The third-order valence-electron chi connectivity index (χ3n) is 9.79. The number of allylic oxidation sites excluding steroid dienone is 2. The summed E-state index contributed by atoms with van der Waals surface area (Å²) in [6, 6.07) is 51.8. The molecule has 5 nitrogen and oxygen atoms in total. The molecule has 8 aromatic rings. The van der Waals surface area contributed by atoms with Gasteiger partial charge in [0.1, 0.15) is 23.0 Å². The number of hydrogen-bond donors (Lipinski definition) is 0. The lowest BCUT2D eigenvalue weighted by Crippen LogP contribution is -2.25. The van der Waals surface area contributed by atoms with E-state index in [0.29, 0.717) is 17.5 Å². The molecular weight excluding hydrogens is 615 g/mol. The molecule has 0 fully saturated rings. The molecule has 0 saturated carbocycles. The van der Waals surface area contributed by atoms with Crippen LogP contribution in [-0.4, -0.2) is 21.1 Å². The third-order valence-corrected chi connectivity index (χ3v) is 9.79. The van der Waals surface area contributed by atoms with Gasteiger partial charge in [0, 0.05) is 38.6 Å². The van der Waals surface area contributed by atoms with Gasteiger partial charge >= 0.3 is 0 Å². The Labute approximate surface area is 288 Å². The number of rotatable bonds is 5. The van der Waals surface area contributed by atoms with Crippen LogP contribution in [-0.2, 0) is 0 Å². The van der Waals surface area contributed by atoms with E-state index in [-0.39, 0.29) is 12.0 Å². The lowest BCUT2D eigenvalue weighted by molar-refractivity contribution is 0.281. The first-order valence-corrected chi connectivity index (χ1v) is 16.8. The minimum absolute atomic E-state index is 0.107. The van der Waals surface area contributed by atoms with Crippen LogP contribution in [0.5, 0.6) is 5.75 Å². The van der Waals surface area contributed by atoms with Crippen LogP contribution in [0.1, 0.15) is 22.9 Å². The summed E-state index contributed by atoms with van der Waals surface area (Å²) in [5.74, 6) is 2.62. The second-order valence-electron chi connectivity index (χ2n) is 12.7. The van der Waals surface area contributed by atoms with Gasteiger partial charge in [0.2, 0.25) is 0 Å². The van der Waals surface area contributed by atoms with E-state index in [1.54, 1.807) is 0 Å². The number of nitrogens with zero attached hydrogens (tertiary/aromatic N) is 3. The van der Waals surface area contributed by atoms with E-state index in [2.05, 4.69) is 91.0 Å². The van der Waals surface area contributed by atoms with E-state index in [0.717, 1.165) is 61.1 Å². The molecule has 2 unspecified atom stereocenters. The van der Waals surface area contributed by atoms with E-state index >= 15 is 0 Å². The average molecular weight is 644 g/mol. The van der Waals surface area contributed by atoms with Crippen LogP contribution in [0.25, 0.3) is 67.0 Å². The summed E-state index contributed by atoms with van der Waals surface area (Å²) in [5, 5.41) is 2.02. The van der Waals surface area contributed by atoms with Gasteiger partial charge in [-0.2, -0.15) is 0 Å². The summed E-state index contributed by atoms with van der Waals surface area (Å²) < 4.78 is 13.0. The van der Waals surface area contributed by atoms with Gasteiger partial charge in [-0.05, 0) is 34.9 Å². The lowest BCUT2D eigenvalue weighted by atomic mass is 9.78. The zero-order chi connectivity index (χ0) is 33.0. The predicted octanol–water partition coefficient (Wildman–Crippen LogP) is 10.8. The van der Waals surface area contributed by atoms with Crippen molar-refractivity contribution < 1.29 is 9.15 Å². The lowest BCUT2D eigenvalue weighted by Gasteiger charge is -2.27. The summed E-state index contributed by atoms with van der Waals surface area (Å²) >= 11 is 0. The predicted molar refractivity (Wildman–Crippen MR) is 199 cm³/mol. The van der Waals surface area contributed by atoms with Gasteiger partial charge in [-0.25, -0.2) is 15.0 Å². The summed E-state index contributed by atoms with van der Waals surface area (Å²) in [7, 11) is 0. The molecule has 0 bridgehead atoms. The van der Waals surface area contributed by atoms with Crippen molar-refractivity contribution in [3.63, 3.8) is 0 Å². The molecule has 236 valence electrons. The zero-order valence-corrected chi connectivity index (χ0v) is 26.9. The summed E-state index contributed by atoms with van der Waals surface area (Å²) in [6.45, 7) is 0. The van der Waals surface area contributed by atoms with Crippen molar-refractivity contribution in [3.05, 3.63) is 181 Å². The van der Waals surface area contributed by atoms with Crippen LogP contribution in [0.15, 0.2) is 168 Å². The van der Waals surface area contributed by atoms with E-state index in [1.165, 1.54) is 11.1 Å². The normalized spacial score (nSPS) is 16.4. The van der Waals surface area contributed by atoms with Gasteiger partial charge in [-0.3, -0.25) is 0 Å². The number of ether oxygens (including phenoxy) is 1. The van der Waals surface area contributed by atoms with Crippen LogP contribution >= 0.6 is 0 Å². The van der Waals surface area contributed by atoms with Gasteiger partial charge < -0.3 is 9.15 Å². The largest absolute Gasteiger partial charge is 0.484 e. The Kier molecular flexibility index (Phi) is 6.56. The van der Waals surface area contributed by atoms with Crippen molar-refractivity contribution in [1.82, 2.24) is 15.0 Å². The molecule has 50 heavy (non-hydrogen) atoms. The van der Waals surface area contributed by atoms with Crippen molar-refractivity contribution in [3.8, 4) is 39.7 Å². The van der Waals surface area contributed by atoms with Gasteiger partial charge in [-0.1, -0.05) is 146 Å². The number of fused-ring (bicyclic) bond motifs is 6. The maximum Gasteiger partial charge on any atom is 0.164 e. The second-order valence-corrected chi connectivity index (χ2v) is 12.7.